The molecule has 0 radical (unpaired) electrons. The van der Waals surface area contributed by atoms with Gasteiger partial charge in [-0.05, 0) is 67.6 Å². The zero-order valence-corrected chi connectivity index (χ0v) is 18.5. The number of carbonyl (C=O) groups is 1. The number of anilines is 4. The molecule has 5 rings (SSSR count). The van der Waals surface area contributed by atoms with Crippen LogP contribution in [-0.2, 0) is 0 Å². The van der Waals surface area contributed by atoms with Crippen molar-refractivity contribution in [2.45, 2.75) is 6.92 Å². The van der Waals surface area contributed by atoms with Gasteiger partial charge in [-0.15, -0.1) is 0 Å². The Kier molecular flexibility index (Phi) is 5.35. The lowest BCUT2D eigenvalue weighted by atomic mass is 10.1. The Morgan fingerprint density at radius 3 is 2.38 bits per heavy atom. The molecule has 1 aromatic heterocycles. The molecule has 1 aliphatic rings. The van der Waals surface area contributed by atoms with Crippen LogP contribution in [0.1, 0.15) is 27.0 Å². The summed E-state index contributed by atoms with van der Waals surface area (Å²) in [7, 11) is 0. The number of nitrogens with zero attached hydrogens (tertiary/aromatic N) is 2. The van der Waals surface area contributed by atoms with Crippen molar-refractivity contribution >= 4 is 40.5 Å². The van der Waals surface area contributed by atoms with Gasteiger partial charge >= 0.3 is 0 Å². The van der Waals surface area contributed by atoms with E-state index < -0.39 is 0 Å². The number of amides is 1. The van der Waals surface area contributed by atoms with E-state index in [-0.39, 0.29) is 17.6 Å². The molecule has 3 aromatic carbocycles. The quantitative estimate of drug-likeness (QED) is 0.244. The zero-order valence-electron chi connectivity index (χ0n) is 18.5. The molecule has 0 unspecified atom stereocenters. The van der Waals surface area contributed by atoms with Gasteiger partial charge in [0.05, 0.1) is 11.4 Å². The number of para-hydroxylation sites is 1. The first-order chi connectivity index (χ1) is 16.5. The lowest BCUT2D eigenvalue weighted by Crippen LogP contribution is -2.36. The van der Waals surface area contributed by atoms with Crippen molar-refractivity contribution in [3.8, 4) is 0 Å². The number of carbonyl (C=O) groups excluding carboxylic acids is 1. The van der Waals surface area contributed by atoms with E-state index in [2.05, 4.69) is 15.6 Å². The first-order valence-corrected chi connectivity index (χ1v) is 10.8. The summed E-state index contributed by atoms with van der Waals surface area (Å²) in [5, 5.41) is 24.0. The molecule has 0 aliphatic carbocycles. The third-order valence-corrected chi connectivity index (χ3v) is 5.64. The largest absolute Gasteiger partial charge is 0.338 e. The van der Waals surface area contributed by atoms with Crippen molar-refractivity contribution in [3.05, 3.63) is 113 Å². The molecule has 7 nitrogen and oxygen atoms in total. The summed E-state index contributed by atoms with van der Waals surface area (Å²) < 4.78 is 0. The minimum absolute atomic E-state index is 0.133. The zero-order chi connectivity index (χ0) is 23.7. The predicted octanol–water partition coefficient (Wildman–Crippen LogP) is 5.56. The van der Waals surface area contributed by atoms with Crippen LogP contribution in [0.25, 0.3) is 0 Å². The van der Waals surface area contributed by atoms with Crippen LogP contribution < -0.4 is 15.5 Å². The number of hydrogen-bond acceptors (Lipinski definition) is 5. The summed E-state index contributed by atoms with van der Waals surface area (Å²) in [6.45, 7) is 1.97. The number of nitrogens with one attached hydrogen (secondary N) is 4. The van der Waals surface area contributed by atoms with Crippen LogP contribution >= 0.6 is 0 Å². The minimum Gasteiger partial charge on any atom is -0.338 e. The Labute approximate surface area is 197 Å². The molecule has 0 atom stereocenters. The van der Waals surface area contributed by atoms with Gasteiger partial charge in [0.15, 0.2) is 5.82 Å². The third-order valence-electron chi connectivity index (χ3n) is 5.64. The van der Waals surface area contributed by atoms with E-state index in [4.69, 9.17) is 10.8 Å². The van der Waals surface area contributed by atoms with Crippen molar-refractivity contribution in [1.29, 1.82) is 10.8 Å². The van der Waals surface area contributed by atoms with E-state index in [1.165, 1.54) is 0 Å². The second kappa shape index (κ2) is 8.63. The number of pyridine rings is 1. The standard InChI is InChI=1S/C27H22N6O/c1-17-8-10-19(11-9-17)27(34)31-20-14-12-18(13-15-20)24(28)33-23-7-4-16-30-26(23)32-22-6-3-2-5-21(22)25(33)29/h2-16,28-29H,1H3,(H,30,32)(H,31,34). The number of aryl methyl sites for hydroxylation is 1. The van der Waals surface area contributed by atoms with Crippen LogP contribution in [0, 0.1) is 17.7 Å². The highest BCUT2D eigenvalue weighted by Crippen LogP contribution is 2.34. The van der Waals surface area contributed by atoms with E-state index in [0.29, 0.717) is 33.9 Å². The van der Waals surface area contributed by atoms with Crippen LogP contribution in [-0.4, -0.2) is 22.6 Å². The summed E-state index contributed by atoms with van der Waals surface area (Å²) in [5.41, 5.74) is 4.95. The molecule has 4 N–H and O–H groups in total. The van der Waals surface area contributed by atoms with E-state index in [1.807, 2.05) is 49.4 Å². The highest BCUT2D eigenvalue weighted by Gasteiger charge is 2.28. The Bertz CT molecular complexity index is 1410. The van der Waals surface area contributed by atoms with Crippen molar-refractivity contribution in [2.24, 2.45) is 0 Å². The molecule has 1 aliphatic heterocycles. The second-order valence-corrected chi connectivity index (χ2v) is 7.97. The van der Waals surface area contributed by atoms with Crippen molar-refractivity contribution < 1.29 is 4.79 Å². The van der Waals surface area contributed by atoms with Crippen molar-refractivity contribution in [2.75, 3.05) is 15.5 Å². The van der Waals surface area contributed by atoms with E-state index in [9.17, 15) is 4.79 Å². The van der Waals surface area contributed by atoms with Gasteiger partial charge < -0.3 is 10.6 Å². The molecular weight excluding hydrogens is 424 g/mol. The first-order valence-electron chi connectivity index (χ1n) is 10.8. The molecule has 2 heterocycles. The maximum absolute atomic E-state index is 12.5. The van der Waals surface area contributed by atoms with Gasteiger partial charge in [-0.1, -0.05) is 29.8 Å². The topological polar surface area (TPSA) is 105 Å². The number of rotatable bonds is 3. The maximum atomic E-state index is 12.5. The van der Waals surface area contributed by atoms with Crippen molar-refractivity contribution in [3.63, 3.8) is 0 Å². The summed E-state index contributed by atoms with van der Waals surface area (Å²) >= 11 is 0. The van der Waals surface area contributed by atoms with Gasteiger partial charge in [-0.25, -0.2) is 4.98 Å². The molecule has 0 bridgehead atoms. The molecule has 1 amide bonds. The molecule has 4 aromatic rings. The Hall–Kier alpha value is -4.78. The number of hydrogen-bond donors (Lipinski definition) is 4. The molecule has 0 spiro atoms. The normalized spacial score (nSPS) is 12.1. The summed E-state index contributed by atoms with van der Waals surface area (Å²) in [4.78, 5) is 18.5. The smallest absolute Gasteiger partial charge is 0.255 e. The maximum Gasteiger partial charge on any atom is 0.255 e. The lowest BCUT2D eigenvalue weighted by molar-refractivity contribution is 0.102. The Morgan fingerprint density at radius 1 is 0.912 bits per heavy atom. The number of benzene rings is 3. The second-order valence-electron chi connectivity index (χ2n) is 7.97. The van der Waals surface area contributed by atoms with Crippen molar-refractivity contribution in [1.82, 2.24) is 4.98 Å². The van der Waals surface area contributed by atoms with Crippen LogP contribution in [0.5, 0.6) is 0 Å². The molecule has 0 saturated carbocycles. The average molecular weight is 447 g/mol. The fourth-order valence-corrected chi connectivity index (χ4v) is 3.82. The number of fused-ring (bicyclic) bond motifs is 2. The molecule has 7 heteroatoms. The monoisotopic (exact) mass is 446 g/mol. The molecule has 0 fully saturated rings. The summed E-state index contributed by atoms with van der Waals surface area (Å²) in [6.07, 6.45) is 1.68. The van der Waals surface area contributed by atoms with Gasteiger partial charge in [0.1, 0.15) is 11.7 Å². The minimum atomic E-state index is -0.195. The molecule has 0 saturated heterocycles. The van der Waals surface area contributed by atoms with Gasteiger partial charge in [0.25, 0.3) is 5.91 Å². The highest BCUT2D eigenvalue weighted by atomic mass is 16.1. The Morgan fingerprint density at radius 2 is 1.62 bits per heavy atom. The molecule has 34 heavy (non-hydrogen) atoms. The summed E-state index contributed by atoms with van der Waals surface area (Å²) in [5.74, 6) is 0.689. The van der Waals surface area contributed by atoms with Gasteiger partial charge in [0, 0.05) is 28.6 Å². The molecular formula is C27H22N6O. The number of amidine groups is 2. The van der Waals surface area contributed by atoms with Gasteiger partial charge in [0.2, 0.25) is 0 Å². The highest BCUT2D eigenvalue weighted by molar-refractivity contribution is 6.30. The first kappa shape index (κ1) is 21.1. The van der Waals surface area contributed by atoms with Crippen LogP contribution in [0.4, 0.5) is 22.9 Å². The molecule has 166 valence electrons. The number of aromatic nitrogens is 1. The third kappa shape index (κ3) is 3.91. The van der Waals surface area contributed by atoms with Crippen LogP contribution in [0.15, 0.2) is 91.1 Å². The fourth-order valence-electron chi connectivity index (χ4n) is 3.82. The van der Waals surface area contributed by atoms with Gasteiger partial charge in [-0.3, -0.25) is 20.5 Å². The van der Waals surface area contributed by atoms with Gasteiger partial charge in [-0.2, -0.15) is 0 Å². The average Bonchev–Trinajstić information content (AvgIpc) is 2.98. The lowest BCUT2D eigenvalue weighted by Gasteiger charge is -2.25. The Balaban J connectivity index is 1.43. The van der Waals surface area contributed by atoms with Crippen LogP contribution in [0.3, 0.4) is 0 Å². The van der Waals surface area contributed by atoms with E-state index >= 15 is 0 Å². The fraction of sp³-hybridized carbons (Fsp3) is 0.0370. The SMILES string of the molecule is Cc1ccc(C(=O)Nc2ccc(C(=N)N3C(=N)c4ccccc4Nc4ncccc43)cc2)cc1. The summed E-state index contributed by atoms with van der Waals surface area (Å²) in [6, 6.07) is 25.5. The van der Waals surface area contributed by atoms with E-state index in [1.54, 1.807) is 53.6 Å². The van der Waals surface area contributed by atoms with Crippen LogP contribution in [0.2, 0.25) is 0 Å². The van der Waals surface area contributed by atoms with E-state index in [0.717, 1.165) is 11.3 Å². The predicted molar refractivity (Wildman–Crippen MR) is 136 cm³/mol.